The molecule has 1 nitrogen and oxygen atoms in total. The Labute approximate surface area is 124 Å². The minimum absolute atomic E-state index is 0. The van der Waals surface area contributed by atoms with Gasteiger partial charge in [0.2, 0.25) is 0 Å². The predicted octanol–water partition coefficient (Wildman–Crippen LogP) is 5.27. The van der Waals surface area contributed by atoms with Gasteiger partial charge in [0.25, 0.3) is 0 Å². The number of halogens is 4. The standard InChI is InChI=1S/C12H8O.4ClH/c1-3-7-11-9(5-1)10-6-2-4-8-12(10)13-11;;;;/h1-8H;4*1H. The minimum Gasteiger partial charge on any atom is -0.456 e. The lowest BCUT2D eigenvalue weighted by Gasteiger charge is -1.85. The maximum absolute atomic E-state index is 5.65. The van der Waals surface area contributed by atoms with Gasteiger partial charge in [-0.25, -0.2) is 0 Å². The van der Waals surface area contributed by atoms with Crippen LogP contribution in [0.1, 0.15) is 0 Å². The van der Waals surface area contributed by atoms with Gasteiger partial charge < -0.3 is 4.42 Å². The second-order valence-corrected chi connectivity index (χ2v) is 3.09. The molecule has 0 amide bonds. The summed E-state index contributed by atoms with van der Waals surface area (Å²) in [5, 5.41) is 2.39. The van der Waals surface area contributed by atoms with Gasteiger partial charge in [0, 0.05) is 10.8 Å². The molecule has 0 spiro atoms. The van der Waals surface area contributed by atoms with Crippen LogP contribution in [-0.4, -0.2) is 0 Å². The molecule has 0 atom stereocenters. The van der Waals surface area contributed by atoms with Gasteiger partial charge in [-0.3, -0.25) is 0 Å². The Hall–Kier alpha value is -0.600. The SMILES string of the molecule is Cl.Cl.Cl.Cl.c1ccc2c(c1)oc1ccccc12. The van der Waals surface area contributed by atoms with E-state index in [1.165, 1.54) is 10.8 Å². The van der Waals surface area contributed by atoms with E-state index in [0.717, 1.165) is 11.2 Å². The lowest BCUT2D eigenvalue weighted by atomic mass is 10.2. The van der Waals surface area contributed by atoms with Crippen molar-refractivity contribution in [1.82, 2.24) is 0 Å². The van der Waals surface area contributed by atoms with Crippen LogP contribution in [0.25, 0.3) is 21.9 Å². The van der Waals surface area contributed by atoms with Crippen LogP contribution in [0.4, 0.5) is 0 Å². The molecule has 0 unspecified atom stereocenters. The van der Waals surface area contributed by atoms with E-state index in [1.807, 2.05) is 36.4 Å². The number of hydrogen-bond acceptors (Lipinski definition) is 1. The van der Waals surface area contributed by atoms with E-state index in [4.69, 9.17) is 4.42 Å². The number of benzene rings is 2. The zero-order valence-corrected chi connectivity index (χ0v) is 11.9. The molecule has 0 fully saturated rings. The van der Waals surface area contributed by atoms with Crippen LogP contribution in [0.5, 0.6) is 0 Å². The average molecular weight is 314 g/mol. The maximum Gasteiger partial charge on any atom is 0.135 e. The normalized spacial score (nSPS) is 8.47. The van der Waals surface area contributed by atoms with Gasteiger partial charge in [-0.2, -0.15) is 0 Å². The van der Waals surface area contributed by atoms with E-state index in [2.05, 4.69) is 12.1 Å². The van der Waals surface area contributed by atoms with Crippen LogP contribution in [0, 0.1) is 0 Å². The van der Waals surface area contributed by atoms with Gasteiger partial charge in [0.1, 0.15) is 11.2 Å². The quantitative estimate of drug-likeness (QED) is 0.551. The van der Waals surface area contributed by atoms with Crippen molar-refractivity contribution >= 4 is 71.6 Å². The van der Waals surface area contributed by atoms with Crippen molar-refractivity contribution in [2.45, 2.75) is 0 Å². The first-order chi connectivity index (χ1) is 6.45. The fourth-order valence-electron chi connectivity index (χ4n) is 1.67. The number of hydrogen-bond donors (Lipinski definition) is 0. The summed E-state index contributed by atoms with van der Waals surface area (Å²) < 4.78 is 5.65. The Balaban J connectivity index is 0. The molecule has 5 heteroatoms. The lowest BCUT2D eigenvalue weighted by Crippen LogP contribution is -1.62. The molecule has 0 aliphatic carbocycles. The Bertz CT molecular complexity index is 526. The van der Waals surface area contributed by atoms with Crippen LogP contribution >= 0.6 is 49.6 Å². The third kappa shape index (κ3) is 3.20. The Morgan fingerprint density at radius 2 is 0.882 bits per heavy atom. The maximum atomic E-state index is 5.65. The third-order valence-corrected chi connectivity index (χ3v) is 2.28. The summed E-state index contributed by atoms with van der Waals surface area (Å²) in [5.74, 6) is 0. The molecule has 3 rings (SSSR count). The summed E-state index contributed by atoms with van der Waals surface area (Å²) in [6.45, 7) is 0. The molecular formula is C12H12Cl4O. The zero-order chi connectivity index (χ0) is 8.67. The summed E-state index contributed by atoms with van der Waals surface area (Å²) in [7, 11) is 0. The molecule has 17 heavy (non-hydrogen) atoms. The van der Waals surface area contributed by atoms with Crippen molar-refractivity contribution in [3.8, 4) is 0 Å². The number of para-hydroxylation sites is 2. The first kappa shape index (κ1) is 18.8. The molecule has 0 aliphatic heterocycles. The molecule has 0 aliphatic rings. The predicted molar refractivity (Wildman–Crippen MR) is 82.7 cm³/mol. The van der Waals surface area contributed by atoms with Gasteiger partial charge in [-0.15, -0.1) is 49.6 Å². The summed E-state index contributed by atoms with van der Waals surface area (Å²) in [6, 6.07) is 16.2. The molecule has 0 bridgehead atoms. The molecule has 3 aromatic rings. The average Bonchev–Trinajstić information content (AvgIpc) is 2.56. The van der Waals surface area contributed by atoms with Crippen LogP contribution in [-0.2, 0) is 0 Å². The number of furan rings is 1. The minimum atomic E-state index is 0. The number of fused-ring (bicyclic) bond motifs is 3. The molecule has 0 N–H and O–H groups in total. The fourth-order valence-corrected chi connectivity index (χ4v) is 1.67. The summed E-state index contributed by atoms with van der Waals surface area (Å²) in [4.78, 5) is 0. The van der Waals surface area contributed by atoms with Crippen LogP contribution < -0.4 is 0 Å². The van der Waals surface area contributed by atoms with E-state index in [1.54, 1.807) is 0 Å². The van der Waals surface area contributed by atoms with Gasteiger partial charge >= 0.3 is 0 Å². The van der Waals surface area contributed by atoms with E-state index in [-0.39, 0.29) is 49.6 Å². The fraction of sp³-hybridized carbons (Fsp3) is 0. The lowest BCUT2D eigenvalue weighted by molar-refractivity contribution is 0.669. The van der Waals surface area contributed by atoms with Gasteiger partial charge in [-0.05, 0) is 12.1 Å². The van der Waals surface area contributed by atoms with Gasteiger partial charge in [-0.1, -0.05) is 36.4 Å². The number of rotatable bonds is 0. The van der Waals surface area contributed by atoms with Crippen molar-refractivity contribution in [3.63, 3.8) is 0 Å². The van der Waals surface area contributed by atoms with E-state index in [0.29, 0.717) is 0 Å². The molecule has 1 heterocycles. The van der Waals surface area contributed by atoms with Gasteiger partial charge in [0.15, 0.2) is 0 Å². The summed E-state index contributed by atoms with van der Waals surface area (Å²) >= 11 is 0. The molecule has 2 aromatic carbocycles. The van der Waals surface area contributed by atoms with Crippen molar-refractivity contribution < 1.29 is 4.42 Å². The van der Waals surface area contributed by atoms with Crippen LogP contribution in [0.2, 0.25) is 0 Å². The second-order valence-electron chi connectivity index (χ2n) is 3.09. The highest BCUT2D eigenvalue weighted by molar-refractivity contribution is 6.04. The highest BCUT2D eigenvalue weighted by atomic mass is 35.5. The highest BCUT2D eigenvalue weighted by Gasteiger charge is 2.03. The molecule has 0 saturated heterocycles. The summed E-state index contributed by atoms with van der Waals surface area (Å²) in [5.41, 5.74) is 1.92. The monoisotopic (exact) mass is 312 g/mol. The van der Waals surface area contributed by atoms with Crippen molar-refractivity contribution in [2.24, 2.45) is 0 Å². The van der Waals surface area contributed by atoms with Crippen LogP contribution in [0.15, 0.2) is 52.9 Å². The third-order valence-electron chi connectivity index (χ3n) is 2.28. The first-order valence-corrected chi connectivity index (χ1v) is 4.31. The van der Waals surface area contributed by atoms with Crippen molar-refractivity contribution in [2.75, 3.05) is 0 Å². The topological polar surface area (TPSA) is 13.1 Å². The Kier molecular flexibility index (Phi) is 8.47. The molecular weight excluding hydrogens is 302 g/mol. The van der Waals surface area contributed by atoms with E-state index >= 15 is 0 Å². The molecule has 1 aromatic heterocycles. The summed E-state index contributed by atoms with van der Waals surface area (Å²) in [6.07, 6.45) is 0. The van der Waals surface area contributed by atoms with Crippen molar-refractivity contribution in [3.05, 3.63) is 48.5 Å². The second kappa shape index (κ2) is 7.67. The van der Waals surface area contributed by atoms with E-state index < -0.39 is 0 Å². The zero-order valence-electron chi connectivity index (χ0n) is 8.66. The largest absolute Gasteiger partial charge is 0.456 e. The van der Waals surface area contributed by atoms with E-state index in [9.17, 15) is 0 Å². The highest BCUT2D eigenvalue weighted by Crippen LogP contribution is 2.27. The molecule has 94 valence electrons. The van der Waals surface area contributed by atoms with Crippen molar-refractivity contribution in [1.29, 1.82) is 0 Å². The van der Waals surface area contributed by atoms with Gasteiger partial charge in [0.05, 0.1) is 0 Å². The Morgan fingerprint density at radius 3 is 1.29 bits per heavy atom. The van der Waals surface area contributed by atoms with Crippen LogP contribution in [0.3, 0.4) is 0 Å². The first-order valence-electron chi connectivity index (χ1n) is 4.31. The Morgan fingerprint density at radius 1 is 0.529 bits per heavy atom. The molecule has 0 radical (unpaired) electrons. The smallest absolute Gasteiger partial charge is 0.135 e. The molecule has 0 saturated carbocycles.